The van der Waals surface area contributed by atoms with Gasteiger partial charge in [0.15, 0.2) is 0 Å². The fourth-order valence-corrected chi connectivity index (χ4v) is 4.21. The lowest BCUT2D eigenvalue weighted by molar-refractivity contribution is 0.100. The molecule has 4 aromatic rings. The number of halogens is 2. The van der Waals surface area contributed by atoms with Gasteiger partial charge < -0.3 is 21.1 Å². The van der Waals surface area contributed by atoms with Crippen molar-refractivity contribution in [3.05, 3.63) is 64.7 Å². The van der Waals surface area contributed by atoms with Crippen LogP contribution in [0.25, 0.3) is 17.0 Å². The molecule has 3 heterocycles. The van der Waals surface area contributed by atoms with Crippen LogP contribution in [0.3, 0.4) is 0 Å². The minimum atomic E-state index is -0.816. The van der Waals surface area contributed by atoms with E-state index in [4.69, 9.17) is 20.4 Å². The highest BCUT2D eigenvalue weighted by Crippen LogP contribution is 2.32. The number of hydrogen-bond donors (Lipinski definition) is 3. The van der Waals surface area contributed by atoms with E-state index in [2.05, 4.69) is 15.6 Å². The van der Waals surface area contributed by atoms with Crippen LogP contribution in [-0.4, -0.2) is 39.1 Å². The number of hydrogen-bond acceptors (Lipinski definition) is 7. The van der Waals surface area contributed by atoms with Gasteiger partial charge in [-0.05, 0) is 43.0 Å². The van der Waals surface area contributed by atoms with Crippen molar-refractivity contribution in [1.29, 1.82) is 0 Å². The summed E-state index contributed by atoms with van der Waals surface area (Å²) in [7, 11) is 1.41. The molecule has 0 saturated carbocycles. The largest absolute Gasteiger partial charge is 0.468 e. The monoisotopic (exact) mass is 479 g/mol. The molecule has 1 aliphatic rings. The molecule has 1 amide bonds. The molecule has 11 heteroatoms. The zero-order valence-corrected chi connectivity index (χ0v) is 18.9. The average Bonchev–Trinajstić information content (AvgIpc) is 3.03. The standard InChI is InChI=1S/C24H23F2N7O2/c1-35-24-30-19-17(20(27)34)10-15(26)11-18(19)33(24)23-31-21-16(7-2-3-8-28-21)22(32-23)29-12-13-5-4-6-14(25)9-13/h4-6,9-11H,2-3,7-8,12H2,1H3,(H2,27,34)(H2,28,29,31,32). The molecule has 0 atom stereocenters. The topological polar surface area (TPSA) is 120 Å². The van der Waals surface area contributed by atoms with E-state index in [-0.39, 0.29) is 34.4 Å². The molecule has 0 fully saturated rings. The van der Waals surface area contributed by atoms with Gasteiger partial charge in [-0.2, -0.15) is 15.0 Å². The first-order valence-electron chi connectivity index (χ1n) is 11.1. The minimum absolute atomic E-state index is 0.0674. The van der Waals surface area contributed by atoms with E-state index in [0.717, 1.165) is 43.0 Å². The average molecular weight is 479 g/mol. The number of nitrogens with zero attached hydrogens (tertiary/aromatic N) is 4. The molecule has 1 aliphatic heterocycles. The number of amides is 1. The molecule has 9 nitrogen and oxygen atoms in total. The summed E-state index contributed by atoms with van der Waals surface area (Å²) in [5.41, 5.74) is 7.44. The number of nitrogens with one attached hydrogen (secondary N) is 2. The maximum atomic E-state index is 14.4. The lowest BCUT2D eigenvalue weighted by Gasteiger charge is -2.16. The fraction of sp³-hybridized carbons (Fsp3) is 0.250. The fourth-order valence-electron chi connectivity index (χ4n) is 4.21. The lowest BCUT2D eigenvalue weighted by Crippen LogP contribution is -2.14. The summed E-state index contributed by atoms with van der Waals surface area (Å²) in [4.78, 5) is 25.7. The number of benzene rings is 2. The molecule has 2 aromatic heterocycles. The quantitative estimate of drug-likeness (QED) is 0.387. The maximum Gasteiger partial charge on any atom is 0.304 e. The van der Waals surface area contributed by atoms with Crippen LogP contribution in [0.15, 0.2) is 36.4 Å². The Morgan fingerprint density at radius 3 is 2.80 bits per heavy atom. The Morgan fingerprint density at radius 2 is 2.03 bits per heavy atom. The molecule has 0 radical (unpaired) electrons. The van der Waals surface area contributed by atoms with Crippen LogP contribution in [0.1, 0.15) is 34.3 Å². The van der Waals surface area contributed by atoms with Gasteiger partial charge in [0.25, 0.3) is 5.91 Å². The van der Waals surface area contributed by atoms with Crippen LogP contribution in [0.4, 0.5) is 20.4 Å². The zero-order valence-electron chi connectivity index (χ0n) is 18.9. The van der Waals surface area contributed by atoms with Crippen LogP contribution in [0.2, 0.25) is 0 Å². The maximum absolute atomic E-state index is 14.4. The van der Waals surface area contributed by atoms with E-state index in [1.807, 2.05) is 6.07 Å². The van der Waals surface area contributed by atoms with Gasteiger partial charge in [0.05, 0.1) is 18.2 Å². The highest BCUT2D eigenvalue weighted by Gasteiger charge is 2.24. The van der Waals surface area contributed by atoms with Gasteiger partial charge in [0, 0.05) is 24.7 Å². The Hall–Kier alpha value is -4.28. The van der Waals surface area contributed by atoms with Gasteiger partial charge >= 0.3 is 6.01 Å². The number of methoxy groups -OCH3 is 1. The lowest BCUT2D eigenvalue weighted by atomic mass is 10.1. The Kier molecular flexibility index (Phi) is 5.89. The SMILES string of the molecule is COc1nc2c(C(N)=O)cc(F)cc2n1-c1nc2c(c(NCc3cccc(F)c3)n1)CCCCN2. The third-order valence-corrected chi connectivity index (χ3v) is 5.83. The number of rotatable bonds is 6. The highest BCUT2D eigenvalue weighted by atomic mass is 19.1. The predicted molar refractivity (Wildman–Crippen MR) is 127 cm³/mol. The second-order valence-corrected chi connectivity index (χ2v) is 8.19. The molecule has 5 rings (SSSR count). The van der Waals surface area contributed by atoms with Crippen molar-refractivity contribution < 1.29 is 18.3 Å². The summed E-state index contributed by atoms with van der Waals surface area (Å²) >= 11 is 0. The summed E-state index contributed by atoms with van der Waals surface area (Å²) in [6.07, 6.45) is 2.65. The van der Waals surface area contributed by atoms with Crippen molar-refractivity contribution in [2.45, 2.75) is 25.8 Å². The molecular weight excluding hydrogens is 456 g/mol. The van der Waals surface area contributed by atoms with E-state index < -0.39 is 11.7 Å². The third kappa shape index (κ3) is 4.32. The molecule has 0 saturated heterocycles. The van der Waals surface area contributed by atoms with Crippen molar-refractivity contribution in [2.75, 3.05) is 24.3 Å². The van der Waals surface area contributed by atoms with E-state index in [0.29, 0.717) is 18.2 Å². The van der Waals surface area contributed by atoms with Crippen LogP contribution in [0.5, 0.6) is 6.01 Å². The molecular formula is C24H23F2N7O2. The van der Waals surface area contributed by atoms with Gasteiger partial charge in [-0.15, -0.1) is 0 Å². The molecule has 0 spiro atoms. The number of nitrogens with two attached hydrogens (primary N) is 1. The molecule has 0 aliphatic carbocycles. The summed E-state index contributed by atoms with van der Waals surface area (Å²) in [5.74, 6) is -0.449. The van der Waals surface area contributed by atoms with Crippen molar-refractivity contribution in [1.82, 2.24) is 19.5 Å². The molecule has 0 unspecified atom stereocenters. The second kappa shape index (κ2) is 9.16. The third-order valence-electron chi connectivity index (χ3n) is 5.83. The first-order valence-corrected chi connectivity index (χ1v) is 11.1. The van der Waals surface area contributed by atoms with Crippen molar-refractivity contribution in [2.24, 2.45) is 5.73 Å². The zero-order chi connectivity index (χ0) is 24.5. The summed E-state index contributed by atoms with van der Waals surface area (Å²) in [5, 5.41) is 6.62. The number of carbonyl (C=O) groups excluding carboxylic acids is 1. The molecule has 0 bridgehead atoms. The summed E-state index contributed by atoms with van der Waals surface area (Å²) in [6, 6.07) is 8.62. The van der Waals surface area contributed by atoms with Crippen LogP contribution < -0.4 is 21.1 Å². The van der Waals surface area contributed by atoms with Crippen molar-refractivity contribution in [3.63, 3.8) is 0 Å². The summed E-state index contributed by atoms with van der Waals surface area (Å²) in [6.45, 7) is 1.07. The number of imidazole rings is 1. The van der Waals surface area contributed by atoms with E-state index in [1.165, 1.54) is 29.9 Å². The first kappa shape index (κ1) is 22.5. The Labute approximate surface area is 199 Å². The highest BCUT2D eigenvalue weighted by molar-refractivity contribution is 6.04. The van der Waals surface area contributed by atoms with E-state index in [1.54, 1.807) is 6.07 Å². The van der Waals surface area contributed by atoms with Crippen LogP contribution in [-0.2, 0) is 13.0 Å². The second-order valence-electron chi connectivity index (χ2n) is 8.19. The van der Waals surface area contributed by atoms with Gasteiger partial charge in [0.2, 0.25) is 5.95 Å². The molecule has 180 valence electrons. The number of ether oxygens (including phenoxy) is 1. The van der Waals surface area contributed by atoms with Gasteiger partial charge in [-0.3, -0.25) is 4.79 Å². The Balaban J connectivity index is 1.67. The number of carbonyl (C=O) groups is 1. The van der Waals surface area contributed by atoms with Crippen LogP contribution in [0, 0.1) is 11.6 Å². The smallest absolute Gasteiger partial charge is 0.304 e. The summed E-state index contributed by atoms with van der Waals surface area (Å²) < 4.78 is 35.0. The number of aromatic nitrogens is 4. The minimum Gasteiger partial charge on any atom is -0.468 e. The number of anilines is 2. The predicted octanol–water partition coefficient (Wildman–Crippen LogP) is 3.56. The van der Waals surface area contributed by atoms with Gasteiger partial charge in [-0.25, -0.2) is 13.3 Å². The molecule has 35 heavy (non-hydrogen) atoms. The van der Waals surface area contributed by atoms with Gasteiger partial charge in [0.1, 0.15) is 28.8 Å². The Bertz CT molecular complexity index is 1440. The van der Waals surface area contributed by atoms with Crippen molar-refractivity contribution >= 4 is 28.6 Å². The number of fused-ring (bicyclic) bond motifs is 2. The molecule has 2 aromatic carbocycles. The Morgan fingerprint density at radius 1 is 1.17 bits per heavy atom. The molecule has 4 N–H and O–H groups in total. The first-order chi connectivity index (χ1) is 16.9. The van der Waals surface area contributed by atoms with Crippen molar-refractivity contribution in [3.8, 4) is 12.0 Å². The normalized spacial score (nSPS) is 13.1. The number of primary amides is 1. The van der Waals surface area contributed by atoms with Gasteiger partial charge in [-0.1, -0.05) is 12.1 Å². The van der Waals surface area contributed by atoms with Crippen LogP contribution >= 0.6 is 0 Å². The van der Waals surface area contributed by atoms with E-state index >= 15 is 0 Å². The van der Waals surface area contributed by atoms with E-state index in [9.17, 15) is 13.6 Å².